The molecule has 0 atom stereocenters. The zero-order chi connectivity index (χ0) is 10.0. The summed E-state index contributed by atoms with van der Waals surface area (Å²) in [5.74, 6) is 0. The normalized spacial score (nSPS) is 10.8. The highest BCUT2D eigenvalue weighted by Crippen LogP contribution is 2.20. The average molecular weight is 189 g/mol. The van der Waals surface area contributed by atoms with Crippen molar-refractivity contribution in [2.24, 2.45) is 0 Å². The van der Waals surface area contributed by atoms with Crippen LogP contribution in [0.25, 0.3) is 0 Å². The molecular weight excluding hydrogens is 180 g/mol. The first kappa shape index (κ1) is 9.85. The Morgan fingerprint density at radius 1 is 1.62 bits per heavy atom. The quantitative estimate of drug-likeness (QED) is 0.732. The van der Waals surface area contributed by atoms with Crippen molar-refractivity contribution in [3.63, 3.8) is 0 Å². The van der Waals surface area contributed by atoms with Gasteiger partial charge in [-0.25, -0.2) is 8.78 Å². The number of rotatable bonds is 2. The van der Waals surface area contributed by atoms with E-state index in [2.05, 4.69) is 4.98 Å². The summed E-state index contributed by atoms with van der Waals surface area (Å²) in [6.45, 7) is 0.860. The Bertz CT molecular complexity index is 360. The van der Waals surface area contributed by atoms with Crippen LogP contribution in [0.2, 0.25) is 0 Å². The number of alkyl halides is 2. The maximum Gasteiger partial charge on any atom is 0.265 e. The Kier molecular flexibility index (Phi) is 2.77. The number of nitrogens with one attached hydrogen (secondary N) is 1. The van der Waals surface area contributed by atoms with E-state index in [0.29, 0.717) is 0 Å². The number of H-pyrrole nitrogens is 1. The van der Waals surface area contributed by atoms with Gasteiger partial charge in [0.1, 0.15) is 0 Å². The van der Waals surface area contributed by atoms with Gasteiger partial charge in [0.05, 0.1) is 6.61 Å². The lowest BCUT2D eigenvalue weighted by molar-refractivity contribution is 0.149. The Morgan fingerprint density at radius 3 is 2.69 bits per heavy atom. The number of aliphatic hydroxyl groups excluding tert-OH is 1. The monoisotopic (exact) mass is 189 g/mol. The Hall–Kier alpha value is -1.23. The lowest BCUT2D eigenvalue weighted by Gasteiger charge is -2.05. The smallest absolute Gasteiger partial charge is 0.265 e. The van der Waals surface area contributed by atoms with Crippen LogP contribution >= 0.6 is 0 Å². The minimum absolute atomic E-state index is 0.0408. The van der Waals surface area contributed by atoms with Crippen LogP contribution in [0.15, 0.2) is 10.9 Å². The predicted molar refractivity (Wildman–Crippen MR) is 42.7 cm³/mol. The summed E-state index contributed by atoms with van der Waals surface area (Å²) in [4.78, 5) is 13.2. The molecule has 1 rings (SSSR count). The highest BCUT2D eigenvalue weighted by molar-refractivity contribution is 5.25. The van der Waals surface area contributed by atoms with Gasteiger partial charge in [-0.2, -0.15) is 0 Å². The van der Waals surface area contributed by atoms with E-state index in [-0.39, 0.29) is 16.8 Å². The minimum atomic E-state index is -2.64. The number of aromatic nitrogens is 1. The molecule has 1 aromatic rings. The van der Waals surface area contributed by atoms with Crippen molar-refractivity contribution in [2.45, 2.75) is 20.0 Å². The molecule has 0 aliphatic rings. The zero-order valence-electron chi connectivity index (χ0n) is 6.97. The van der Waals surface area contributed by atoms with Crippen LogP contribution in [-0.2, 0) is 6.61 Å². The Labute approximate surface area is 73.0 Å². The summed E-state index contributed by atoms with van der Waals surface area (Å²) in [5, 5.41) is 8.65. The third-order valence-electron chi connectivity index (χ3n) is 1.76. The number of aliphatic hydroxyl groups is 1. The fourth-order valence-electron chi connectivity index (χ4n) is 1.03. The Morgan fingerprint density at radius 2 is 2.23 bits per heavy atom. The lowest BCUT2D eigenvalue weighted by Crippen LogP contribution is -2.15. The second-order valence-electron chi connectivity index (χ2n) is 2.66. The number of halogens is 2. The average Bonchev–Trinajstić information content (AvgIpc) is 2.03. The number of aromatic amines is 1. The van der Waals surface area contributed by atoms with E-state index >= 15 is 0 Å². The lowest BCUT2D eigenvalue weighted by atomic mass is 10.1. The fourth-order valence-corrected chi connectivity index (χ4v) is 1.03. The van der Waals surface area contributed by atoms with Gasteiger partial charge in [-0.3, -0.25) is 4.79 Å². The van der Waals surface area contributed by atoms with Gasteiger partial charge in [0, 0.05) is 16.8 Å². The number of pyridine rings is 1. The van der Waals surface area contributed by atoms with E-state index < -0.39 is 18.6 Å². The molecule has 0 aliphatic heterocycles. The standard InChI is InChI=1S/C8H9F2NO2/c1-4-6(7(9)10)2-5(3-12)8(13)11-4/h2,7,12H,3H2,1H3,(H,11,13). The van der Waals surface area contributed by atoms with Crippen molar-refractivity contribution >= 4 is 0 Å². The molecule has 0 saturated carbocycles. The van der Waals surface area contributed by atoms with Crippen LogP contribution in [0.1, 0.15) is 23.2 Å². The van der Waals surface area contributed by atoms with Crippen molar-refractivity contribution in [2.75, 3.05) is 0 Å². The largest absolute Gasteiger partial charge is 0.391 e. The van der Waals surface area contributed by atoms with Crippen LogP contribution < -0.4 is 5.56 Å². The topological polar surface area (TPSA) is 53.1 Å². The van der Waals surface area contributed by atoms with Gasteiger partial charge in [0.15, 0.2) is 0 Å². The molecule has 0 spiro atoms. The number of hydrogen-bond acceptors (Lipinski definition) is 2. The van der Waals surface area contributed by atoms with Crippen molar-refractivity contribution in [1.82, 2.24) is 4.98 Å². The SMILES string of the molecule is Cc1[nH]c(=O)c(CO)cc1C(F)F. The van der Waals surface area contributed by atoms with E-state index in [9.17, 15) is 13.6 Å². The zero-order valence-corrected chi connectivity index (χ0v) is 6.97. The highest BCUT2D eigenvalue weighted by atomic mass is 19.3. The van der Waals surface area contributed by atoms with E-state index in [0.717, 1.165) is 6.07 Å². The number of aryl methyl sites for hydroxylation is 1. The molecule has 0 fully saturated rings. The minimum Gasteiger partial charge on any atom is -0.391 e. The summed E-state index contributed by atoms with van der Waals surface area (Å²) < 4.78 is 24.5. The molecule has 0 saturated heterocycles. The van der Waals surface area contributed by atoms with Crippen LogP contribution in [0.3, 0.4) is 0 Å². The molecule has 3 nitrogen and oxygen atoms in total. The molecule has 0 aliphatic carbocycles. The molecule has 0 unspecified atom stereocenters. The van der Waals surface area contributed by atoms with Crippen LogP contribution in [0, 0.1) is 6.92 Å². The first-order valence-corrected chi connectivity index (χ1v) is 3.68. The molecule has 1 heterocycles. The van der Waals surface area contributed by atoms with E-state index in [4.69, 9.17) is 5.11 Å². The second-order valence-corrected chi connectivity index (χ2v) is 2.66. The third-order valence-corrected chi connectivity index (χ3v) is 1.76. The molecule has 0 bridgehead atoms. The molecular formula is C8H9F2NO2. The van der Waals surface area contributed by atoms with Gasteiger partial charge in [0.25, 0.3) is 12.0 Å². The Balaban J connectivity index is 3.31. The third kappa shape index (κ3) is 1.92. The summed E-state index contributed by atoms with van der Waals surface area (Å²) in [7, 11) is 0. The molecule has 72 valence electrons. The van der Waals surface area contributed by atoms with E-state index in [1.165, 1.54) is 6.92 Å². The van der Waals surface area contributed by atoms with Gasteiger partial charge in [-0.05, 0) is 13.0 Å². The summed E-state index contributed by atoms with van der Waals surface area (Å²) in [6, 6.07) is 1.03. The van der Waals surface area contributed by atoms with Gasteiger partial charge in [-0.15, -0.1) is 0 Å². The molecule has 2 N–H and O–H groups in total. The predicted octanol–water partition coefficient (Wildman–Crippen LogP) is 1.11. The van der Waals surface area contributed by atoms with Crippen molar-refractivity contribution in [1.29, 1.82) is 0 Å². The molecule has 1 aromatic heterocycles. The van der Waals surface area contributed by atoms with Crippen LogP contribution in [0.4, 0.5) is 8.78 Å². The first-order chi connectivity index (χ1) is 6.06. The second kappa shape index (κ2) is 3.66. The number of hydrogen-bond donors (Lipinski definition) is 2. The van der Waals surface area contributed by atoms with Gasteiger partial charge >= 0.3 is 0 Å². The van der Waals surface area contributed by atoms with Crippen molar-refractivity contribution in [3.8, 4) is 0 Å². The molecule has 0 amide bonds. The molecule has 13 heavy (non-hydrogen) atoms. The fraction of sp³-hybridized carbons (Fsp3) is 0.375. The van der Waals surface area contributed by atoms with Gasteiger partial charge in [-0.1, -0.05) is 0 Å². The summed E-state index contributed by atoms with van der Waals surface area (Å²) in [6.07, 6.45) is -2.64. The van der Waals surface area contributed by atoms with E-state index in [1.54, 1.807) is 0 Å². The summed E-state index contributed by atoms with van der Waals surface area (Å²) >= 11 is 0. The maximum atomic E-state index is 12.3. The molecule has 0 radical (unpaired) electrons. The van der Waals surface area contributed by atoms with Crippen LogP contribution in [-0.4, -0.2) is 10.1 Å². The van der Waals surface area contributed by atoms with Crippen molar-refractivity contribution in [3.05, 3.63) is 33.2 Å². The first-order valence-electron chi connectivity index (χ1n) is 3.68. The molecule has 5 heteroatoms. The highest BCUT2D eigenvalue weighted by Gasteiger charge is 2.13. The van der Waals surface area contributed by atoms with Crippen molar-refractivity contribution < 1.29 is 13.9 Å². The van der Waals surface area contributed by atoms with Crippen LogP contribution in [0.5, 0.6) is 0 Å². The van der Waals surface area contributed by atoms with E-state index in [1.807, 2.05) is 0 Å². The van der Waals surface area contributed by atoms with Gasteiger partial charge < -0.3 is 10.1 Å². The maximum absolute atomic E-state index is 12.3. The molecule has 0 aromatic carbocycles. The summed E-state index contributed by atoms with van der Waals surface area (Å²) in [5.41, 5.74) is -0.675. The van der Waals surface area contributed by atoms with Gasteiger partial charge in [0.2, 0.25) is 0 Å².